The number of anilines is 2. The molecule has 2 aromatic carbocycles. The standard InChI is InChI=1S/C15H13ClFNO/c1-2-18(13-7-4-6-12(17)9-13)15-11(10-19)5-3-8-14(15)16/h3-10H,2H2,1H3. The van der Waals surface area contributed by atoms with Gasteiger partial charge in [0.25, 0.3) is 0 Å². The summed E-state index contributed by atoms with van der Waals surface area (Å²) in [5.74, 6) is -0.323. The Bertz CT molecular complexity index is 600. The first-order valence-corrected chi connectivity index (χ1v) is 6.32. The van der Waals surface area contributed by atoms with Gasteiger partial charge in [-0.2, -0.15) is 0 Å². The molecule has 0 N–H and O–H groups in total. The molecule has 0 radical (unpaired) electrons. The Morgan fingerprint density at radius 2 is 2.00 bits per heavy atom. The van der Waals surface area contributed by atoms with E-state index < -0.39 is 0 Å². The lowest BCUT2D eigenvalue weighted by molar-refractivity contribution is 0.112. The lowest BCUT2D eigenvalue weighted by Crippen LogP contribution is -2.18. The number of carbonyl (C=O) groups excluding carboxylic acids is 1. The Kier molecular flexibility index (Phi) is 4.17. The third-order valence-corrected chi connectivity index (χ3v) is 3.16. The minimum absolute atomic E-state index is 0.323. The van der Waals surface area contributed by atoms with E-state index in [0.717, 1.165) is 6.29 Å². The van der Waals surface area contributed by atoms with Crippen LogP contribution < -0.4 is 4.90 Å². The average molecular weight is 278 g/mol. The van der Waals surface area contributed by atoms with Gasteiger partial charge in [-0.25, -0.2) is 4.39 Å². The van der Waals surface area contributed by atoms with Crippen LogP contribution >= 0.6 is 11.6 Å². The SMILES string of the molecule is CCN(c1cccc(F)c1)c1c(Cl)cccc1C=O. The van der Waals surface area contributed by atoms with Crippen molar-refractivity contribution in [3.63, 3.8) is 0 Å². The Morgan fingerprint density at radius 3 is 2.63 bits per heavy atom. The molecule has 0 aliphatic rings. The van der Waals surface area contributed by atoms with E-state index in [2.05, 4.69) is 0 Å². The van der Waals surface area contributed by atoms with Crippen LogP contribution in [0.15, 0.2) is 42.5 Å². The van der Waals surface area contributed by atoms with Crippen molar-refractivity contribution in [3.05, 3.63) is 58.9 Å². The van der Waals surface area contributed by atoms with Gasteiger partial charge in [-0.15, -0.1) is 0 Å². The normalized spacial score (nSPS) is 10.3. The van der Waals surface area contributed by atoms with Crippen LogP contribution in [0.2, 0.25) is 5.02 Å². The Morgan fingerprint density at radius 1 is 1.26 bits per heavy atom. The quantitative estimate of drug-likeness (QED) is 0.770. The Balaban J connectivity index is 2.57. The van der Waals surface area contributed by atoms with Crippen molar-refractivity contribution in [2.24, 2.45) is 0 Å². The third kappa shape index (κ3) is 2.76. The van der Waals surface area contributed by atoms with Crippen molar-refractivity contribution in [1.82, 2.24) is 0 Å². The summed E-state index contributed by atoms with van der Waals surface area (Å²) < 4.78 is 13.3. The van der Waals surface area contributed by atoms with E-state index in [9.17, 15) is 9.18 Å². The number of carbonyl (C=O) groups is 1. The molecule has 0 aliphatic carbocycles. The molecule has 0 amide bonds. The summed E-state index contributed by atoms with van der Waals surface area (Å²) in [6.07, 6.45) is 0.753. The van der Waals surface area contributed by atoms with Gasteiger partial charge in [-0.05, 0) is 37.3 Å². The highest BCUT2D eigenvalue weighted by molar-refractivity contribution is 6.34. The molecule has 2 rings (SSSR count). The summed E-state index contributed by atoms with van der Waals surface area (Å²) >= 11 is 6.18. The molecule has 0 spiro atoms. The number of hydrogen-bond donors (Lipinski definition) is 0. The first-order valence-electron chi connectivity index (χ1n) is 5.94. The molecule has 0 bridgehead atoms. The van der Waals surface area contributed by atoms with E-state index in [-0.39, 0.29) is 5.82 Å². The first-order chi connectivity index (χ1) is 9.17. The number of benzene rings is 2. The molecule has 19 heavy (non-hydrogen) atoms. The van der Waals surface area contributed by atoms with Crippen molar-refractivity contribution in [1.29, 1.82) is 0 Å². The highest BCUT2D eigenvalue weighted by Crippen LogP contribution is 2.34. The van der Waals surface area contributed by atoms with E-state index in [1.165, 1.54) is 12.1 Å². The second-order valence-electron chi connectivity index (χ2n) is 4.02. The number of nitrogens with zero attached hydrogens (tertiary/aromatic N) is 1. The van der Waals surface area contributed by atoms with Gasteiger partial charge in [0.05, 0.1) is 10.7 Å². The minimum Gasteiger partial charge on any atom is -0.340 e. The van der Waals surface area contributed by atoms with Crippen LogP contribution in [0.3, 0.4) is 0 Å². The fourth-order valence-corrected chi connectivity index (χ4v) is 2.31. The fourth-order valence-electron chi connectivity index (χ4n) is 2.03. The molecule has 0 heterocycles. The molecule has 0 aliphatic heterocycles. The monoisotopic (exact) mass is 277 g/mol. The maximum absolute atomic E-state index is 13.3. The van der Waals surface area contributed by atoms with Crippen LogP contribution in [0.5, 0.6) is 0 Å². The maximum Gasteiger partial charge on any atom is 0.152 e. The van der Waals surface area contributed by atoms with Crippen molar-refractivity contribution in [2.75, 3.05) is 11.4 Å². The highest BCUT2D eigenvalue weighted by atomic mass is 35.5. The number of rotatable bonds is 4. The molecule has 2 nitrogen and oxygen atoms in total. The van der Waals surface area contributed by atoms with Gasteiger partial charge >= 0.3 is 0 Å². The van der Waals surface area contributed by atoms with Crippen LogP contribution in [-0.4, -0.2) is 12.8 Å². The van der Waals surface area contributed by atoms with Gasteiger partial charge < -0.3 is 4.90 Å². The van der Waals surface area contributed by atoms with Crippen LogP contribution in [0, 0.1) is 5.82 Å². The van der Waals surface area contributed by atoms with Crippen molar-refractivity contribution in [2.45, 2.75) is 6.92 Å². The molecule has 0 atom stereocenters. The number of halogens is 2. The lowest BCUT2D eigenvalue weighted by Gasteiger charge is -2.25. The molecular weight excluding hydrogens is 265 g/mol. The zero-order chi connectivity index (χ0) is 13.8. The molecule has 0 saturated heterocycles. The summed E-state index contributed by atoms with van der Waals surface area (Å²) in [6, 6.07) is 11.3. The number of para-hydroxylation sites is 1. The van der Waals surface area contributed by atoms with Gasteiger partial charge in [0, 0.05) is 17.8 Å². The van der Waals surface area contributed by atoms with E-state index in [0.29, 0.717) is 28.5 Å². The summed E-state index contributed by atoms with van der Waals surface area (Å²) in [6.45, 7) is 2.50. The number of hydrogen-bond acceptors (Lipinski definition) is 2. The van der Waals surface area contributed by atoms with Crippen LogP contribution in [-0.2, 0) is 0 Å². The van der Waals surface area contributed by atoms with E-state index in [4.69, 9.17) is 11.6 Å². The van der Waals surface area contributed by atoms with Gasteiger partial charge in [0.1, 0.15) is 5.82 Å². The van der Waals surface area contributed by atoms with Crippen molar-refractivity contribution >= 4 is 29.3 Å². The van der Waals surface area contributed by atoms with Crippen molar-refractivity contribution < 1.29 is 9.18 Å². The molecule has 98 valence electrons. The topological polar surface area (TPSA) is 20.3 Å². The van der Waals surface area contributed by atoms with Gasteiger partial charge in [-0.1, -0.05) is 23.7 Å². The molecular formula is C15H13ClFNO. The zero-order valence-corrected chi connectivity index (χ0v) is 11.2. The molecule has 0 saturated carbocycles. The largest absolute Gasteiger partial charge is 0.340 e. The van der Waals surface area contributed by atoms with Crippen LogP contribution in [0.4, 0.5) is 15.8 Å². The molecule has 0 unspecified atom stereocenters. The van der Waals surface area contributed by atoms with Crippen molar-refractivity contribution in [3.8, 4) is 0 Å². The second-order valence-corrected chi connectivity index (χ2v) is 4.43. The predicted octanol–water partition coefficient (Wildman–Crippen LogP) is 4.45. The third-order valence-electron chi connectivity index (χ3n) is 2.85. The molecule has 4 heteroatoms. The number of aldehydes is 1. The van der Waals surface area contributed by atoms with Crippen LogP contribution in [0.25, 0.3) is 0 Å². The Labute approximate surface area is 116 Å². The molecule has 0 fully saturated rings. The van der Waals surface area contributed by atoms with Gasteiger partial charge in [-0.3, -0.25) is 4.79 Å². The van der Waals surface area contributed by atoms with Crippen LogP contribution in [0.1, 0.15) is 17.3 Å². The Hall–Kier alpha value is -1.87. The second kappa shape index (κ2) is 5.85. The highest BCUT2D eigenvalue weighted by Gasteiger charge is 2.15. The van der Waals surface area contributed by atoms with E-state index >= 15 is 0 Å². The summed E-state index contributed by atoms with van der Waals surface area (Å²) in [7, 11) is 0. The minimum atomic E-state index is -0.323. The lowest BCUT2D eigenvalue weighted by atomic mass is 10.1. The summed E-state index contributed by atoms with van der Waals surface area (Å²) in [4.78, 5) is 13.0. The average Bonchev–Trinajstić information content (AvgIpc) is 2.41. The molecule has 0 aromatic heterocycles. The predicted molar refractivity (Wildman–Crippen MR) is 75.9 cm³/mol. The fraction of sp³-hybridized carbons (Fsp3) is 0.133. The van der Waals surface area contributed by atoms with Gasteiger partial charge in [0.2, 0.25) is 0 Å². The van der Waals surface area contributed by atoms with E-state index in [1.54, 1.807) is 30.3 Å². The summed E-state index contributed by atoms with van der Waals surface area (Å²) in [5.41, 5.74) is 1.75. The first kappa shape index (κ1) is 13.6. The zero-order valence-electron chi connectivity index (χ0n) is 10.4. The molecule has 2 aromatic rings. The smallest absolute Gasteiger partial charge is 0.152 e. The van der Waals surface area contributed by atoms with E-state index in [1.807, 2.05) is 11.8 Å². The van der Waals surface area contributed by atoms with Gasteiger partial charge in [0.15, 0.2) is 6.29 Å². The maximum atomic E-state index is 13.3. The summed E-state index contributed by atoms with van der Waals surface area (Å²) in [5, 5.41) is 0.468.